The quantitative estimate of drug-likeness (QED) is 0.933. The van der Waals surface area contributed by atoms with Crippen LogP contribution in [0, 0.1) is 0 Å². The Bertz CT molecular complexity index is 570. The van der Waals surface area contributed by atoms with Gasteiger partial charge in [-0.15, -0.1) is 11.3 Å². The molecule has 86 valence electrons. The first kappa shape index (κ1) is 11.9. The molecule has 0 radical (unpaired) electrons. The summed E-state index contributed by atoms with van der Waals surface area (Å²) < 4.78 is 21.6. The van der Waals surface area contributed by atoms with Crippen LogP contribution in [-0.2, 0) is 26.4 Å². The summed E-state index contributed by atoms with van der Waals surface area (Å²) in [5.74, 6) is 0. The summed E-state index contributed by atoms with van der Waals surface area (Å²) in [4.78, 5) is 4.40. The summed E-state index contributed by atoms with van der Waals surface area (Å²) in [7, 11) is -3.14. The van der Waals surface area contributed by atoms with Gasteiger partial charge < -0.3 is 4.55 Å². The van der Waals surface area contributed by atoms with E-state index in [-0.39, 0.29) is 0 Å². The molecule has 1 N–H and O–H groups in total. The Morgan fingerprint density at radius 3 is 2.88 bits per heavy atom. The molecular weight excluding hydrogens is 262 g/mol. The van der Waals surface area contributed by atoms with E-state index in [4.69, 9.17) is 0 Å². The standard InChI is InChI=1S/C10H11NO2S3/c1-7(16(12,13)14)6-10-11-8-4-2-3-5-9(8)15-10/h2-5,7H,6H2,1H3,(H,12,13,14). The Hall–Kier alpha value is -0.560. The molecule has 0 aliphatic carbocycles. The van der Waals surface area contributed by atoms with Crippen molar-refractivity contribution in [3.63, 3.8) is 0 Å². The van der Waals surface area contributed by atoms with Crippen LogP contribution < -0.4 is 0 Å². The molecule has 0 fully saturated rings. The number of para-hydroxylation sites is 1. The number of nitrogens with zero attached hydrogens (tertiary/aromatic N) is 1. The van der Waals surface area contributed by atoms with Crippen LogP contribution >= 0.6 is 11.3 Å². The van der Waals surface area contributed by atoms with Crippen LogP contribution in [0.3, 0.4) is 0 Å². The highest BCUT2D eigenvalue weighted by molar-refractivity contribution is 8.30. The van der Waals surface area contributed by atoms with Crippen molar-refractivity contribution in [2.45, 2.75) is 18.6 Å². The molecule has 6 heteroatoms. The van der Waals surface area contributed by atoms with Gasteiger partial charge in [0.1, 0.15) is 8.77 Å². The largest absolute Gasteiger partial charge is 0.305 e. The normalized spacial score (nSPS) is 17.1. The fourth-order valence-corrected chi connectivity index (χ4v) is 3.13. The zero-order valence-electron chi connectivity index (χ0n) is 8.62. The molecule has 1 aromatic heterocycles. The van der Waals surface area contributed by atoms with Crippen LogP contribution in [0.15, 0.2) is 24.3 Å². The second kappa shape index (κ2) is 4.37. The predicted octanol–water partition coefficient (Wildman–Crippen LogP) is 2.45. The average Bonchev–Trinajstić information content (AvgIpc) is 2.58. The molecule has 2 aromatic rings. The lowest BCUT2D eigenvalue weighted by Gasteiger charge is -2.06. The van der Waals surface area contributed by atoms with Crippen molar-refractivity contribution in [1.82, 2.24) is 4.98 Å². The molecule has 3 nitrogen and oxygen atoms in total. The van der Waals surface area contributed by atoms with Gasteiger partial charge in [0.2, 0.25) is 0 Å². The monoisotopic (exact) mass is 273 g/mol. The van der Waals surface area contributed by atoms with Gasteiger partial charge in [-0.3, -0.25) is 0 Å². The third-order valence-corrected chi connectivity index (χ3v) is 5.54. The van der Waals surface area contributed by atoms with Gasteiger partial charge in [0.15, 0.2) is 0 Å². The van der Waals surface area contributed by atoms with Crippen molar-refractivity contribution in [2.75, 3.05) is 0 Å². The summed E-state index contributed by atoms with van der Waals surface area (Å²) in [5, 5.41) is 0.420. The first-order chi connectivity index (χ1) is 7.47. The van der Waals surface area contributed by atoms with Crippen LogP contribution in [0.5, 0.6) is 0 Å². The number of benzene rings is 1. The summed E-state index contributed by atoms with van der Waals surface area (Å²) in [5.41, 5.74) is 0.934. The van der Waals surface area contributed by atoms with E-state index in [9.17, 15) is 8.76 Å². The molecule has 0 amide bonds. The molecule has 2 unspecified atom stereocenters. The number of thiazole rings is 1. The number of fused-ring (bicyclic) bond motifs is 1. The highest BCUT2D eigenvalue weighted by Gasteiger charge is 2.16. The molecule has 16 heavy (non-hydrogen) atoms. The van der Waals surface area contributed by atoms with Crippen molar-refractivity contribution < 1.29 is 8.76 Å². The van der Waals surface area contributed by atoms with Gasteiger partial charge in [-0.05, 0) is 19.1 Å². The molecule has 1 aromatic carbocycles. The molecule has 2 rings (SSSR count). The van der Waals surface area contributed by atoms with E-state index in [1.54, 1.807) is 18.3 Å². The third-order valence-electron chi connectivity index (χ3n) is 2.31. The lowest BCUT2D eigenvalue weighted by atomic mass is 10.3. The van der Waals surface area contributed by atoms with Crippen LogP contribution in [0.4, 0.5) is 0 Å². The Morgan fingerprint density at radius 1 is 1.56 bits per heavy atom. The van der Waals surface area contributed by atoms with Gasteiger partial charge >= 0.3 is 0 Å². The summed E-state index contributed by atoms with van der Waals surface area (Å²) >= 11 is 6.10. The van der Waals surface area contributed by atoms with Crippen LogP contribution in [0.2, 0.25) is 0 Å². The first-order valence-electron chi connectivity index (χ1n) is 4.77. The average molecular weight is 273 g/mol. The zero-order chi connectivity index (χ0) is 11.8. The lowest BCUT2D eigenvalue weighted by molar-refractivity contribution is 0.547. The molecule has 1 heterocycles. The van der Waals surface area contributed by atoms with Gasteiger partial charge in [-0.25, -0.2) is 9.19 Å². The highest BCUT2D eigenvalue weighted by Crippen LogP contribution is 2.23. The fraction of sp³-hybridized carbons (Fsp3) is 0.300. The van der Waals surface area contributed by atoms with Crippen LogP contribution in [-0.4, -0.2) is 19.0 Å². The minimum atomic E-state index is -3.14. The topological polar surface area (TPSA) is 50.2 Å². The molecule has 0 bridgehead atoms. The molecule has 0 saturated carbocycles. The van der Waals surface area contributed by atoms with E-state index in [1.165, 1.54) is 0 Å². The minimum Gasteiger partial charge on any atom is -0.305 e. The van der Waals surface area contributed by atoms with Crippen molar-refractivity contribution in [2.24, 2.45) is 0 Å². The Balaban J connectivity index is 2.29. The summed E-state index contributed by atoms with van der Waals surface area (Å²) in [6.45, 7) is 1.68. The fourth-order valence-electron chi connectivity index (χ4n) is 1.36. The molecule has 0 aliphatic heterocycles. The van der Waals surface area contributed by atoms with E-state index in [2.05, 4.69) is 16.2 Å². The summed E-state index contributed by atoms with van der Waals surface area (Å²) in [6, 6.07) is 7.81. The molecule has 0 aliphatic rings. The van der Waals surface area contributed by atoms with E-state index < -0.39 is 14.0 Å². The van der Waals surface area contributed by atoms with Crippen LogP contribution in [0.25, 0.3) is 10.2 Å². The van der Waals surface area contributed by atoms with Crippen molar-refractivity contribution in [3.8, 4) is 0 Å². The van der Waals surface area contributed by atoms with E-state index in [0.717, 1.165) is 15.2 Å². The molecular formula is C10H11NO2S3. The Morgan fingerprint density at radius 2 is 2.25 bits per heavy atom. The van der Waals surface area contributed by atoms with Gasteiger partial charge in [-0.1, -0.05) is 12.1 Å². The van der Waals surface area contributed by atoms with Crippen molar-refractivity contribution in [3.05, 3.63) is 29.3 Å². The minimum absolute atomic E-state index is 0.442. The summed E-state index contributed by atoms with van der Waals surface area (Å²) in [6.07, 6.45) is 0.457. The van der Waals surface area contributed by atoms with Gasteiger partial charge in [0.05, 0.1) is 20.5 Å². The van der Waals surface area contributed by atoms with Crippen molar-refractivity contribution in [1.29, 1.82) is 0 Å². The number of aromatic nitrogens is 1. The zero-order valence-corrected chi connectivity index (χ0v) is 11.1. The Labute approximate surface area is 103 Å². The number of hydrogen-bond donors (Lipinski definition) is 1. The maximum absolute atomic E-state index is 11.3. The van der Waals surface area contributed by atoms with Gasteiger partial charge in [-0.2, -0.15) is 0 Å². The molecule has 2 atom stereocenters. The lowest BCUT2D eigenvalue weighted by Crippen LogP contribution is -2.17. The number of rotatable bonds is 3. The van der Waals surface area contributed by atoms with Crippen LogP contribution in [0.1, 0.15) is 11.9 Å². The SMILES string of the molecule is CC(Cc1nc2ccccc2s1)S(=O)(O)=S. The first-order valence-corrected chi connectivity index (χ1v) is 8.09. The highest BCUT2D eigenvalue weighted by atomic mass is 32.8. The second-order valence-corrected chi connectivity index (χ2v) is 7.99. The smallest absolute Gasteiger partial charge is 0.144 e. The third kappa shape index (κ3) is 2.57. The maximum Gasteiger partial charge on any atom is 0.144 e. The van der Waals surface area contributed by atoms with Gasteiger partial charge in [0.25, 0.3) is 0 Å². The number of hydrogen-bond acceptors (Lipinski definition) is 4. The predicted molar refractivity (Wildman–Crippen MR) is 70.9 cm³/mol. The second-order valence-electron chi connectivity index (χ2n) is 3.61. The van der Waals surface area contributed by atoms with Gasteiger partial charge in [0, 0.05) is 17.6 Å². The molecule has 0 spiro atoms. The Kier molecular flexibility index (Phi) is 3.25. The van der Waals surface area contributed by atoms with E-state index >= 15 is 0 Å². The molecule has 0 saturated heterocycles. The van der Waals surface area contributed by atoms with E-state index in [0.29, 0.717) is 6.42 Å². The maximum atomic E-state index is 11.3. The van der Waals surface area contributed by atoms with Crippen molar-refractivity contribution >= 4 is 41.5 Å². The van der Waals surface area contributed by atoms with E-state index in [1.807, 2.05) is 24.3 Å².